The van der Waals surface area contributed by atoms with Crippen LogP contribution in [0, 0.1) is 0 Å². The number of imidazole rings is 1. The second-order valence-corrected chi connectivity index (χ2v) is 9.15. The molecule has 10 nitrogen and oxygen atoms in total. The molecular formula is C24H21ClF3IN4O6. The molecule has 208 valence electrons. The highest BCUT2D eigenvalue weighted by molar-refractivity contribution is 14.1. The Morgan fingerprint density at radius 2 is 1.72 bits per heavy atom. The van der Waals surface area contributed by atoms with Crippen molar-refractivity contribution in [1.82, 2.24) is 18.7 Å². The van der Waals surface area contributed by atoms with E-state index in [1.807, 2.05) is 22.6 Å². The molecule has 39 heavy (non-hydrogen) atoms. The van der Waals surface area contributed by atoms with Crippen molar-refractivity contribution in [2.45, 2.75) is 24.0 Å². The molecule has 0 aliphatic rings. The van der Waals surface area contributed by atoms with E-state index in [2.05, 4.69) is 9.72 Å². The molecule has 0 atom stereocenters. The number of aliphatic hydroxyl groups is 1. The second kappa shape index (κ2) is 12.4. The highest BCUT2D eigenvalue weighted by Crippen LogP contribution is 2.30. The van der Waals surface area contributed by atoms with E-state index in [1.165, 1.54) is 21.3 Å². The Balaban J connectivity index is 1.87. The molecule has 0 amide bonds. The van der Waals surface area contributed by atoms with Gasteiger partial charge in [0.2, 0.25) is 0 Å². The summed E-state index contributed by atoms with van der Waals surface area (Å²) in [5, 5.41) is 9.47. The topological polar surface area (TPSA) is 110 Å². The first-order valence-corrected chi connectivity index (χ1v) is 13.3. The van der Waals surface area contributed by atoms with Gasteiger partial charge in [-0.2, -0.15) is 4.98 Å². The quantitative estimate of drug-likeness (QED) is 0.144. The summed E-state index contributed by atoms with van der Waals surface area (Å²) in [4.78, 5) is 31.0. The fourth-order valence-corrected chi connectivity index (χ4v) is 4.46. The largest absolute Gasteiger partial charge is 0.573 e. The molecule has 0 aliphatic carbocycles. The Hall–Kier alpha value is -3.08. The van der Waals surface area contributed by atoms with Gasteiger partial charge in [-0.3, -0.25) is 13.9 Å². The molecule has 4 aromatic rings. The van der Waals surface area contributed by atoms with Gasteiger partial charge in [-0.1, -0.05) is 52.4 Å². The van der Waals surface area contributed by atoms with E-state index < -0.39 is 23.4 Å². The predicted octanol–water partition coefficient (Wildman–Crippen LogP) is 4.15. The lowest BCUT2D eigenvalue weighted by Crippen LogP contribution is -2.40. The van der Waals surface area contributed by atoms with Gasteiger partial charge in [0.15, 0.2) is 11.2 Å². The van der Waals surface area contributed by atoms with Gasteiger partial charge in [-0.25, -0.2) is 9.36 Å². The molecule has 1 N–H and O–H groups in total. The van der Waals surface area contributed by atoms with Crippen LogP contribution in [-0.2, 0) is 22.4 Å². The highest BCUT2D eigenvalue weighted by atomic mass is 127. The highest BCUT2D eigenvalue weighted by Gasteiger charge is 2.31. The first-order valence-electron chi connectivity index (χ1n) is 11.4. The zero-order valence-corrected chi connectivity index (χ0v) is 22.9. The normalized spacial score (nSPS) is 11.7. The van der Waals surface area contributed by atoms with E-state index in [9.17, 15) is 22.8 Å². The Morgan fingerprint density at radius 3 is 2.38 bits per heavy atom. The number of hydrogen-bond donors (Lipinski definition) is 1. The molecule has 0 unspecified atom stereocenters. The molecule has 0 aliphatic heterocycles. The number of rotatable bonds is 11. The summed E-state index contributed by atoms with van der Waals surface area (Å²) >= 11 is 7.89. The van der Waals surface area contributed by atoms with Gasteiger partial charge >= 0.3 is 18.1 Å². The molecule has 2 heterocycles. The van der Waals surface area contributed by atoms with Gasteiger partial charge in [0, 0.05) is 11.1 Å². The maximum absolute atomic E-state index is 13.4. The number of fused-ring (bicyclic) bond motifs is 1. The molecule has 4 rings (SSSR count). The van der Waals surface area contributed by atoms with Crippen LogP contribution < -0.4 is 20.7 Å². The van der Waals surface area contributed by atoms with E-state index in [1.54, 1.807) is 24.3 Å². The van der Waals surface area contributed by atoms with Crippen molar-refractivity contribution in [1.29, 1.82) is 0 Å². The van der Waals surface area contributed by atoms with Crippen LogP contribution in [-0.4, -0.2) is 50.0 Å². The van der Waals surface area contributed by atoms with Crippen LogP contribution in [0.25, 0.3) is 11.2 Å². The lowest BCUT2D eigenvalue weighted by Gasteiger charge is -2.13. The third-order valence-corrected chi connectivity index (χ3v) is 6.33. The zero-order valence-electron chi connectivity index (χ0n) is 20.0. The van der Waals surface area contributed by atoms with Gasteiger partial charge in [0.1, 0.15) is 11.5 Å². The lowest BCUT2D eigenvalue weighted by atomic mass is 10.2. The number of benzene rings is 2. The first kappa shape index (κ1) is 28.9. The third kappa shape index (κ3) is 6.93. The molecule has 0 saturated carbocycles. The van der Waals surface area contributed by atoms with E-state index in [0.29, 0.717) is 10.6 Å². The summed E-state index contributed by atoms with van der Waals surface area (Å²) in [6.45, 7) is -0.0238. The predicted molar refractivity (Wildman–Crippen MR) is 144 cm³/mol. The van der Waals surface area contributed by atoms with Crippen molar-refractivity contribution < 1.29 is 32.5 Å². The van der Waals surface area contributed by atoms with Crippen LogP contribution in [0.15, 0.2) is 58.1 Å². The maximum atomic E-state index is 13.4. The van der Waals surface area contributed by atoms with Crippen molar-refractivity contribution in [3.05, 3.63) is 80.0 Å². The van der Waals surface area contributed by atoms with E-state index in [4.69, 9.17) is 26.2 Å². The number of halogens is 5. The lowest BCUT2D eigenvalue weighted by molar-refractivity contribution is -0.274. The average molecular weight is 681 g/mol. The van der Waals surface area contributed by atoms with E-state index in [0.717, 1.165) is 16.7 Å². The Bertz CT molecular complexity index is 1570. The van der Waals surface area contributed by atoms with Crippen molar-refractivity contribution in [2.75, 3.05) is 19.8 Å². The summed E-state index contributed by atoms with van der Waals surface area (Å²) in [7, 11) is 0. The summed E-state index contributed by atoms with van der Waals surface area (Å²) in [5.74, 6) is -0.552. The minimum Gasteiger partial charge on any atom is -0.425 e. The van der Waals surface area contributed by atoms with Crippen LogP contribution in [0.5, 0.6) is 17.5 Å². The van der Waals surface area contributed by atoms with Gasteiger partial charge < -0.3 is 19.3 Å². The van der Waals surface area contributed by atoms with E-state index in [-0.39, 0.29) is 60.4 Å². The molecule has 0 saturated heterocycles. The van der Waals surface area contributed by atoms with Gasteiger partial charge in [-0.05, 0) is 29.8 Å². The van der Waals surface area contributed by atoms with Crippen LogP contribution in [0.1, 0.15) is 5.56 Å². The molecule has 15 heteroatoms. The fourth-order valence-electron chi connectivity index (χ4n) is 3.74. The first-order chi connectivity index (χ1) is 18.6. The summed E-state index contributed by atoms with van der Waals surface area (Å²) < 4.78 is 57.1. The van der Waals surface area contributed by atoms with E-state index >= 15 is 0 Å². The zero-order chi connectivity index (χ0) is 28.2. The molecule has 0 radical (unpaired) electrons. The van der Waals surface area contributed by atoms with Crippen molar-refractivity contribution in [3.63, 3.8) is 0 Å². The summed E-state index contributed by atoms with van der Waals surface area (Å²) in [5.41, 5.74) is -0.492. The van der Waals surface area contributed by atoms with Gasteiger partial charge in [0.25, 0.3) is 5.56 Å². The molecule has 2 aromatic carbocycles. The van der Waals surface area contributed by atoms with Crippen molar-refractivity contribution in [3.8, 4) is 17.5 Å². The third-order valence-electron chi connectivity index (χ3n) is 5.40. The summed E-state index contributed by atoms with van der Waals surface area (Å²) in [6, 6.07) is 11.5. The number of ether oxygens (including phenoxy) is 3. The average Bonchev–Trinajstić information content (AvgIpc) is 3.22. The standard InChI is InChI=1S/C24H21ClF3IN4O6/c25-16-6-4-15(5-7-16)13-32-19-20(31(8-10-37-11-9-34)23(36)33(14-29)21(19)35)30-22(32)38-17-2-1-3-18(12-17)39-24(26,27)28/h1-7,12,34H,8-11,13-14H2. The van der Waals surface area contributed by atoms with Crippen LogP contribution in [0.4, 0.5) is 13.2 Å². The molecule has 0 fully saturated rings. The van der Waals surface area contributed by atoms with Crippen molar-refractivity contribution in [2.24, 2.45) is 0 Å². The molecule has 0 bridgehead atoms. The number of alkyl halides is 4. The second-order valence-electron chi connectivity index (χ2n) is 8.03. The Morgan fingerprint density at radius 1 is 1.00 bits per heavy atom. The van der Waals surface area contributed by atoms with Crippen molar-refractivity contribution >= 4 is 45.4 Å². The fraction of sp³-hybridized carbons (Fsp3) is 0.292. The SMILES string of the molecule is O=c1c2c(nc(Oc3cccc(OC(F)(F)F)c3)n2Cc2ccc(Cl)cc2)n(CCOCCO)c(=O)n1CI. The minimum atomic E-state index is -4.90. The summed E-state index contributed by atoms with van der Waals surface area (Å²) in [6.07, 6.45) is -4.90. The number of nitrogens with zero attached hydrogens (tertiary/aromatic N) is 4. The Kier molecular flexibility index (Phi) is 9.19. The smallest absolute Gasteiger partial charge is 0.425 e. The number of aromatic nitrogens is 4. The number of hydrogen-bond acceptors (Lipinski definition) is 7. The molecule has 0 spiro atoms. The van der Waals surface area contributed by atoms with Crippen LogP contribution >= 0.6 is 34.2 Å². The number of aliphatic hydroxyl groups excluding tert-OH is 1. The van der Waals surface area contributed by atoms with Crippen LogP contribution in [0.3, 0.4) is 0 Å². The molecule has 2 aromatic heterocycles. The van der Waals surface area contributed by atoms with Gasteiger partial charge in [0.05, 0.1) is 37.5 Å². The Labute approximate surface area is 237 Å². The maximum Gasteiger partial charge on any atom is 0.573 e. The van der Waals surface area contributed by atoms with Crippen LogP contribution in [0.2, 0.25) is 5.02 Å². The van der Waals surface area contributed by atoms with Gasteiger partial charge in [-0.15, -0.1) is 13.2 Å². The minimum absolute atomic E-state index is 0.00496. The monoisotopic (exact) mass is 680 g/mol. The molecular weight excluding hydrogens is 660 g/mol.